The van der Waals surface area contributed by atoms with Crippen molar-refractivity contribution in [2.75, 3.05) is 4.90 Å². The van der Waals surface area contributed by atoms with Crippen molar-refractivity contribution in [3.63, 3.8) is 0 Å². The van der Waals surface area contributed by atoms with Gasteiger partial charge < -0.3 is 10.0 Å². The molecule has 0 saturated heterocycles. The summed E-state index contributed by atoms with van der Waals surface area (Å²) in [7, 11) is 0. The first kappa shape index (κ1) is 22.3. The molecule has 32 heavy (non-hydrogen) atoms. The van der Waals surface area contributed by atoms with E-state index < -0.39 is 11.5 Å². The van der Waals surface area contributed by atoms with Crippen molar-refractivity contribution in [2.45, 2.75) is 45.3 Å². The van der Waals surface area contributed by atoms with E-state index in [-0.39, 0.29) is 18.1 Å². The van der Waals surface area contributed by atoms with Gasteiger partial charge in [0, 0.05) is 16.1 Å². The van der Waals surface area contributed by atoms with E-state index in [9.17, 15) is 14.7 Å². The van der Waals surface area contributed by atoms with Crippen molar-refractivity contribution in [3.8, 4) is 0 Å². The maximum atomic E-state index is 13.5. The molecule has 4 rings (SSSR count). The third kappa shape index (κ3) is 3.96. The van der Waals surface area contributed by atoms with Crippen molar-refractivity contribution >= 4 is 29.0 Å². The molecule has 1 atom stereocenters. The Bertz CT molecular complexity index is 1190. The Hall–Kier alpha value is -2.95. The van der Waals surface area contributed by atoms with Gasteiger partial charge in [0.25, 0.3) is 5.91 Å². The number of carbonyl (C=O) groups excluding carboxylic acids is 2. The van der Waals surface area contributed by atoms with Gasteiger partial charge in [0.1, 0.15) is 0 Å². The minimum Gasteiger partial charge on any atom is -0.375 e. The van der Waals surface area contributed by atoms with Crippen LogP contribution >= 0.6 is 11.6 Å². The second kappa shape index (κ2) is 8.53. The van der Waals surface area contributed by atoms with Crippen molar-refractivity contribution in [3.05, 3.63) is 99.6 Å². The van der Waals surface area contributed by atoms with Gasteiger partial charge in [0.2, 0.25) is 0 Å². The second-order valence-corrected chi connectivity index (χ2v) is 9.16. The summed E-state index contributed by atoms with van der Waals surface area (Å²) in [5.41, 5.74) is 2.30. The molecule has 5 heteroatoms. The van der Waals surface area contributed by atoms with Crippen molar-refractivity contribution in [1.82, 2.24) is 0 Å². The number of ketones is 1. The molecule has 0 fully saturated rings. The maximum absolute atomic E-state index is 13.5. The summed E-state index contributed by atoms with van der Waals surface area (Å²) < 4.78 is 0. The van der Waals surface area contributed by atoms with E-state index >= 15 is 0 Å². The van der Waals surface area contributed by atoms with Crippen LogP contribution in [0.25, 0.3) is 0 Å². The van der Waals surface area contributed by atoms with Crippen molar-refractivity contribution < 1.29 is 14.7 Å². The lowest BCUT2D eigenvalue weighted by Gasteiger charge is -2.23. The van der Waals surface area contributed by atoms with Crippen LogP contribution in [0.5, 0.6) is 0 Å². The first-order chi connectivity index (χ1) is 15.2. The van der Waals surface area contributed by atoms with E-state index in [1.807, 2.05) is 55.5 Å². The molecule has 1 N–H and O–H groups in total. The van der Waals surface area contributed by atoms with E-state index in [0.717, 1.165) is 16.7 Å². The number of aryl methyl sites for hydroxylation is 1. The Morgan fingerprint density at radius 2 is 1.78 bits per heavy atom. The van der Waals surface area contributed by atoms with E-state index in [2.05, 4.69) is 13.8 Å². The van der Waals surface area contributed by atoms with Gasteiger partial charge in [-0.05, 0) is 53.8 Å². The molecular formula is C27H26ClNO3. The van der Waals surface area contributed by atoms with Crippen LogP contribution in [0.1, 0.15) is 58.8 Å². The summed E-state index contributed by atoms with van der Waals surface area (Å²) in [5, 5.41) is 12.0. The zero-order valence-corrected chi connectivity index (χ0v) is 19.2. The Balaban J connectivity index is 1.72. The predicted octanol–water partition coefficient (Wildman–Crippen LogP) is 5.78. The molecule has 0 radical (unpaired) electrons. The molecule has 0 aromatic heterocycles. The number of nitrogens with zero attached hydrogens (tertiary/aromatic N) is 1. The monoisotopic (exact) mass is 447 g/mol. The molecule has 0 bridgehead atoms. The van der Waals surface area contributed by atoms with Crippen LogP contribution in [0.4, 0.5) is 5.69 Å². The van der Waals surface area contributed by atoms with Crippen LogP contribution in [0.15, 0.2) is 66.7 Å². The Kier molecular flexibility index (Phi) is 5.93. The zero-order valence-electron chi connectivity index (χ0n) is 18.4. The minimum absolute atomic E-state index is 0.263. The Morgan fingerprint density at radius 1 is 1.06 bits per heavy atom. The SMILES string of the molecule is Cc1ccc(C(C)C)cc1C(=O)C[C@@]1(O)C(=O)N(Cc2ccccc2)c2ccc(Cl)cc21. The number of Topliss-reactive ketones (excluding diaryl/α,β-unsaturated/α-hetero) is 1. The summed E-state index contributed by atoms with van der Waals surface area (Å²) >= 11 is 6.21. The summed E-state index contributed by atoms with van der Waals surface area (Å²) in [6, 6.07) is 20.3. The molecule has 0 aliphatic carbocycles. The highest BCUT2D eigenvalue weighted by Gasteiger charge is 2.51. The summed E-state index contributed by atoms with van der Waals surface area (Å²) in [6.07, 6.45) is -0.340. The van der Waals surface area contributed by atoms with Crippen LogP contribution in [0, 0.1) is 6.92 Å². The average molecular weight is 448 g/mol. The van der Waals surface area contributed by atoms with Crippen molar-refractivity contribution in [1.29, 1.82) is 0 Å². The number of aliphatic hydroxyl groups is 1. The van der Waals surface area contributed by atoms with Gasteiger partial charge in [-0.2, -0.15) is 0 Å². The van der Waals surface area contributed by atoms with Crippen LogP contribution in [0.3, 0.4) is 0 Å². The van der Waals surface area contributed by atoms with Crippen molar-refractivity contribution in [2.24, 2.45) is 0 Å². The van der Waals surface area contributed by atoms with Gasteiger partial charge in [0.05, 0.1) is 18.7 Å². The van der Waals surface area contributed by atoms with Crippen LogP contribution in [-0.4, -0.2) is 16.8 Å². The number of rotatable bonds is 6. The Morgan fingerprint density at radius 3 is 2.47 bits per heavy atom. The fourth-order valence-electron chi connectivity index (χ4n) is 4.24. The van der Waals surface area contributed by atoms with Gasteiger partial charge in [-0.25, -0.2) is 0 Å². The molecule has 1 amide bonds. The van der Waals surface area contributed by atoms with Gasteiger partial charge >= 0.3 is 0 Å². The number of hydrogen-bond donors (Lipinski definition) is 1. The summed E-state index contributed by atoms with van der Waals surface area (Å²) in [6.45, 7) is 6.29. The molecule has 1 aliphatic heterocycles. The fraction of sp³-hybridized carbons (Fsp3) is 0.259. The number of amides is 1. The lowest BCUT2D eigenvalue weighted by Crippen LogP contribution is -2.41. The molecule has 0 unspecified atom stereocenters. The number of fused-ring (bicyclic) bond motifs is 1. The van der Waals surface area contributed by atoms with E-state index in [1.54, 1.807) is 18.2 Å². The lowest BCUT2D eigenvalue weighted by atomic mass is 9.86. The van der Waals surface area contributed by atoms with Gasteiger partial charge in [-0.3, -0.25) is 9.59 Å². The highest BCUT2D eigenvalue weighted by molar-refractivity contribution is 6.31. The zero-order chi connectivity index (χ0) is 23.0. The van der Waals surface area contributed by atoms with E-state index in [4.69, 9.17) is 11.6 Å². The number of benzene rings is 3. The molecule has 0 saturated carbocycles. The smallest absolute Gasteiger partial charge is 0.264 e. The fourth-order valence-corrected chi connectivity index (χ4v) is 4.42. The quantitative estimate of drug-likeness (QED) is 0.487. The van der Waals surface area contributed by atoms with Crippen LogP contribution in [-0.2, 0) is 16.9 Å². The summed E-state index contributed by atoms with van der Waals surface area (Å²) in [5.74, 6) is -0.516. The van der Waals surface area contributed by atoms with E-state index in [0.29, 0.717) is 28.4 Å². The van der Waals surface area contributed by atoms with E-state index in [1.165, 1.54) is 4.90 Å². The maximum Gasteiger partial charge on any atom is 0.264 e. The molecular weight excluding hydrogens is 422 g/mol. The third-order valence-electron chi connectivity index (χ3n) is 6.12. The molecule has 1 heterocycles. The number of halogens is 1. The predicted molar refractivity (Wildman–Crippen MR) is 127 cm³/mol. The molecule has 0 spiro atoms. The highest BCUT2D eigenvalue weighted by Crippen LogP contribution is 2.45. The topological polar surface area (TPSA) is 57.6 Å². The van der Waals surface area contributed by atoms with Crippen LogP contribution in [0.2, 0.25) is 5.02 Å². The molecule has 164 valence electrons. The summed E-state index contributed by atoms with van der Waals surface area (Å²) in [4.78, 5) is 28.4. The molecule has 4 nitrogen and oxygen atoms in total. The number of hydrogen-bond acceptors (Lipinski definition) is 3. The minimum atomic E-state index is -1.97. The van der Waals surface area contributed by atoms with Gasteiger partial charge in [0.15, 0.2) is 11.4 Å². The van der Waals surface area contributed by atoms with Gasteiger partial charge in [-0.1, -0.05) is 67.9 Å². The Labute approximate surface area is 193 Å². The average Bonchev–Trinajstić information content (AvgIpc) is 2.96. The lowest BCUT2D eigenvalue weighted by molar-refractivity contribution is -0.136. The normalized spacial score (nSPS) is 17.7. The first-order valence-electron chi connectivity index (χ1n) is 10.7. The van der Waals surface area contributed by atoms with Crippen LogP contribution < -0.4 is 4.90 Å². The number of carbonyl (C=O) groups is 2. The molecule has 3 aromatic carbocycles. The molecule has 1 aliphatic rings. The third-order valence-corrected chi connectivity index (χ3v) is 6.36. The molecule has 3 aromatic rings. The largest absolute Gasteiger partial charge is 0.375 e. The first-order valence-corrected chi connectivity index (χ1v) is 11.1. The van der Waals surface area contributed by atoms with Gasteiger partial charge in [-0.15, -0.1) is 0 Å². The highest BCUT2D eigenvalue weighted by atomic mass is 35.5. The number of anilines is 1. The standard InChI is InChI=1S/C27H26ClNO3/c1-17(2)20-10-9-18(3)22(13-20)25(30)15-27(32)23-14-21(28)11-12-24(23)29(26(27)31)16-19-7-5-4-6-8-19/h4-14,17,32H,15-16H2,1-3H3/t27-/m0/s1. The second-order valence-electron chi connectivity index (χ2n) is 8.73.